The molecule has 0 aliphatic heterocycles. The number of phenols is 1. The predicted octanol–water partition coefficient (Wildman–Crippen LogP) is 1.95. The van der Waals surface area contributed by atoms with E-state index in [0.717, 1.165) is 0 Å². The van der Waals surface area contributed by atoms with Crippen molar-refractivity contribution in [1.29, 1.82) is 0 Å². The Kier molecular flexibility index (Phi) is 3.06. The minimum atomic E-state index is -0.978. The molecule has 0 saturated heterocycles. The molecular weight excluding hydrogens is 232 g/mol. The van der Waals surface area contributed by atoms with Gasteiger partial charge in [-0.25, -0.2) is 4.79 Å². The highest BCUT2D eigenvalue weighted by Gasteiger charge is 2.18. The molecule has 0 aliphatic carbocycles. The summed E-state index contributed by atoms with van der Waals surface area (Å²) in [4.78, 5) is 11.1. The fourth-order valence-corrected chi connectivity index (χ4v) is 1.97. The van der Waals surface area contributed by atoms with E-state index in [1.165, 1.54) is 0 Å². The predicted molar refractivity (Wildman–Crippen MR) is 65.9 cm³/mol. The maximum absolute atomic E-state index is 11.1. The highest BCUT2D eigenvalue weighted by atomic mass is 16.4. The second-order valence-corrected chi connectivity index (χ2v) is 4.14. The number of carbonyl (C=O) groups is 1. The SMILES string of the molecule is Cc1nn(Cc2ccccc2O)c(C)c1C(=O)O. The lowest BCUT2D eigenvalue weighted by Gasteiger charge is -2.06. The van der Waals surface area contributed by atoms with Crippen molar-refractivity contribution in [1.82, 2.24) is 9.78 Å². The third-order valence-corrected chi connectivity index (χ3v) is 2.91. The molecule has 0 aliphatic rings. The van der Waals surface area contributed by atoms with E-state index in [4.69, 9.17) is 5.11 Å². The summed E-state index contributed by atoms with van der Waals surface area (Å²) in [6.07, 6.45) is 0. The quantitative estimate of drug-likeness (QED) is 0.868. The first kappa shape index (κ1) is 12.2. The normalized spacial score (nSPS) is 10.6. The number of para-hydroxylation sites is 1. The smallest absolute Gasteiger partial charge is 0.339 e. The van der Waals surface area contributed by atoms with E-state index >= 15 is 0 Å². The third-order valence-electron chi connectivity index (χ3n) is 2.91. The van der Waals surface area contributed by atoms with Crippen molar-refractivity contribution in [2.45, 2.75) is 20.4 Å². The van der Waals surface area contributed by atoms with Crippen LogP contribution < -0.4 is 0 Å². The number of hydrogen-bond donors (Lipinski definition) is 2. The molecule has 0 fully saturated rings. The molecule has 0 amide bonds. The molecule has 5 heteroatoms. The zero-order chi connectivity index (χ0) is 13.3. The minimum Gasteiger partial charge on any atom is -0.508 e. The van der Waals surface area contributed by atoms with Crippen molar-refractivity contribution < 1.29 is 15.0 Å². The van der Waals surface area contributed by atoms with E-state index in [1.807, 2.05) is 6.07 Å². The van der Waals surface area contributed by atoms with E-state index in [1.54, 1.807) is 36.7 Å². The molecule has 1 aromatic heterocycles. The van der Waals surface area contributed by atoms with Crippen LogP contribution in [0.3, 0.4) is 0 Å². The van der Waals surface area contributed by atoms with Crippen LogP contribution in [0.15, 0.2) is 24.3 Å². The average Bonchev–Trinajstić information content (AvgIpc) is 2.57. The molecular formula is C13H14N2O3. The number of carboxylic acid groups (broad SMARTS) is 1. The topological polar surface area (TPSA) is 75.3 Å². The second kappa shape index (κ2) is 4.52. The van der Waals surface area contributed by atoms with Gasteiger partial charge in [-0.3, -0.25) is 4.68 Å². The Morgan fingerprint density at radius 3 is 2.56 bits per heavy atom. The fourth-order valence-electron chi connectivity index (χ4n) is 1.97. The first-order chi connectivity index (χ1) is 8.50. The fraction of sp³-hybridized carbons (Fsp3) is 0.231. The van der Waals surface area contributed by atoms with E-state index < -0.39 is 5.97 Å². The molecule has 1 heterocycles. The van der Waals surface area contributed by atoms with Gasteiger partial charge in [0.2, 0.25) is 0 Å². The molecule has 2 N–H and O–H groups in total. The zero-order valence-electron chi connectivity index (χ0n) is 10.2. The molecule has 0 radical (unpaired) electrons. The second-order valence-electron chi connectivity index (χ2n) is 4.14. The molecule has 0 saturated carbocycles. The zero-order valence-corrected chi connectivity index (χ0v) is 10.2. The van der Waals surface area contributed by atoms with E-state index in [2.05, 4.69) is 5.10 Å². The summed E-state index contributed by atoms with van der Waals surface area (Å²) in [7, 11) is 0. The van der Waals surface area contributed by atoms with Crippen molar-refractivity contribution in [3.8, 4) is 5.75 Å². The van der Waals surface area contributed by atoms with Crippen LogP contribution in [0.1, 0.15) is 27.3 Å². The number of carboxylic acids is 1. The Bertz CT molecular complexity index is 602. The minimum absolute atomic E-state index is 0.182. The van der Waals surface area contributed by atoms with Crippen molar-refractivity contribution in [2.75, 3.05) is 0 Å². The van der Waals surface area contributed by atoms with Crippen LogP contribution in [0.5, 0.6) is 5.75 Å². The van der Waals surface area contributed by atoms with Crippen LogP contribution in [0.2, 0.25) is 0 Å². The van der Waals surface area contributed by atoms with Gasteiger partial charge in [0.15, 0.2) is 0 Å². The Morgan fingerprint density at radius 2 is 2.00 bits per heavy atom. The summed E-state index contributed by atoms with van der Waals surface area (Å²) in [5.41, 5.74) is 2.00. The number of benzene rings is 1. The average molecular weight is 246 g/mol. The van der Waals surface area contributed by atoms with Crippen molar-refractivity contribution in [3.05, 3.63) is 46.8 Å². The summed E-state index contributed by atoms with van der Waals surface area (Å²) in [5, 5.41) is 23.0. The summed E-state index contributed by atoms with van der Waals surface area (Å²) in [5.74, 6) is -0.796. The van der Waals surface area contributed by atoms with Gasteiger partial charge in [0.05, 0.1) is 17.9 Å². The number of aryl methyl sites for hydroxylation is 1. The molecule has 0 spiro atoms. The molecule has 2 aromatic rings. The summed E-state index contributed by atoms with van der Waals surface area (Å²) in [6, 6.07) is 6.94. The van der Waals surface area contributed by atoms with E-state index in [9.17, 15) is 9.90 Å². The monoisotopic (exact) mass is 246 g/mol. The van der Waals surface area contributed by atoms with Gasteiger partial charge in [-0.05, 0) is 19.9 Å². The highest BCUT2D eigenvalue weighted by Crippen LogP contribution is 2.19. The molecule has 0 bridgehead atoms. The lowest BCUT2D eigenvalue weighted by atomic mass is 10.2. The molecule has 0 atom stereocenters. The molecule has 94 valence electrons. The number of nitrogens with zero attached hydrogens (tertiary/aromatic N) is 2. The summed E-state index contributed by atoms with van der Waals surface area (Å²) < 4.78 is 1.59. The van der Waals surface area contributed by atoms with Gasteiger partial charge < -0.3 is 10.2 Å². The van der Waals surface area contributed by atoms with Gasteiger partial charge in [-0.1, -0.05) is 18.2 Å². The number of rotatable bonds is 3. The Hall–Kier alpha value is -2.30. The van der Waals surface area contributed by atoms with Gasteiger partial charge in [-0.2, -0.15) is 5.10 Å². The van der Waals surface area contributed by atoms with Gasteiger partial charge in [0, 0.05) is 5.56 Å². The van der Waals surface area contributed by atoms with Gasteiger partial charge in [0.1, 0.15) is 11.3 Å². The van der Waals surface area contributed by atoms with Crippen LogP contribution in [-0.4, -0.2) is 26.0 Å². The molecule has 0 unspecified atom stereocenters. The van der Waals surface area contributed by atoms with Gasteiger partial charge in [-0.15, -0.1) is 0 Å². The Balaban J connectivity index is 2.39. The first-order valence-corrected chi connectivity index (χ1v) is 5.55. The summed E-state index contributed by atoms with van der Waals surface area (Å²) >= 11 is 0. The largest absolute Gasteiger partial charge is 0.508 e. The van der Waals surface area contributed by atoms with E-state index in [0.29, 0.717) is 23.5 Å². The number of hydrogen-bond acceptors (Lipinski definition) is 3. The van der Waals surface area contributed by atoms with Crippen LogP contribution in [0, 0.1) is 13.8 Å². The van der Waals surface area contributed by atoms with Crippen LogP contribution in [0.4, 0.5) is 0 Å². The van der Waals surface area contributed by atoms with Crippen molar-refractivity contribution in [2.24, 2.45) is 0 Å². The number of aromatic nitrogens is 2. The standard InChI is InChI=1S/C13H14N2O3/c1-8-12(13(17)18)9(2)15(14-8)7-10-5-3-4-6-11(10)16/h3-6,16H,7H2,1-2H3,(H,17,18). The van der Waals surface area contributed by atoms with Gasteiger partial charge >= 0.3 is 5.97 Å². The molecule has 18 heavy (non-hydrogen) atoms. The van der Waals surface area contributed by atoms with Crippen LogP contribution in [0.25, 0.3) is 0 Å². The maximum atomic E-state index is 11.1. The molecule has 2 rings (SSSR count). The Morgan fingerprint density at radius 1 is 1.33 bits per heavy atom. The van der Waals surface area contributed by atoms with Crippen LogP contribution >= 0.6 is 0 Å². The number of phenolic OH excluding ortho intramolecular Hbond substituents is 1. The molecule has 5 nitrogen and oxygen atoms in total. The lowest BCUT2D eigenvalue weighted by molar-refractivity contribution is 0.0695. The highest BCUT2D eigenvalue weighted by molar-refractivity contribution is 5.90. The van der Waals surface area contributed by atoms with Crippen molar-refractivity contribution in [3.63, 3.8) is 0 Å². The summed E-state index contributed by atoms with van der Waals surface area (Å²) in [6.45, 7) is 3.73. The van der Waals surface area contributed by atoms with Crippen molar-refractivity contribution >= 4 is 5.97 Å². The molecule has 1 aromatic carbocycles. The Labute approximate surface area is 104 Å². The lowest BCUT2D eigenvalue weighted by Crippen LogP contribution is -2.06. The van der Waals surface area contributed by atoms with E-state index in [-0.39, 0.29) is 11.3 Å². The number of aromatic hydroxyl groups is 1. The van der Waals surface area contributed by atoms with Crippen LogP contribution in [-0.2, 0) is 6.54 Å². The maximum Gasteiger partial charge on any atom is 0.339 e. The van der Waals surface area contributed by atoms with Gasteiger partial charge in [0.25, 0.3) is 0 Å². The number of aromatic carboxylic acids is 1. The first-order valence-electron chi connectivity index (χ1n) is 5.55. The third kappa shape index (κ3) is 2.07.